The number of benzene rings is 2. The molecule has 1 aromatic heterocycles. The molecule has 0 spiro atoms. The lowest BCUT2D eigenvalue weighted by Gasteiger charge is -2.08. The molecule has 0 amide bonds. The van der Waals surface area contributed by atoms with Gasteiger partial charge in [-0.2, -0.15) is 0 Å². The maximum Gasteiger partial charge on any atom is 0.249 e. The van der Waals surface area contributed by atoms with Crippen LogP contribution in [0.1, 0.15) is 11.1 Å². The minimum Gasteiger partial charge on any atom is -0.489 e. The van der Waals surface area contributed by atoms with Gasteiger partial charge in [-0.3, -0.25) is 0 Å². The Morgan fingerprint density at radius 3 is 2.54 bits per heavy atom. The van der Waals surface area contributed by atoms with Crippen LogP contribution in [0.15, 0.2) is 58.9 Å². The lowest BCUT2D eigenvalue weighted by Crippen LogP contribution is -2.09. The monoisotopic (exact) mass is 393 g/mol. The van der Waals surface area contributed by atoms with E-state index in [1.807, 2.05) is 12.1 Å². The standard InChI is InChI=1S/C17H16FN3O3S2/c18-15-4-2-1-3-13(15)11-24-14-7-5-12(6-8-14)9-20-17-21-10-16(25-17)26(19,22)23/h1-8,10H,9,11H2,(H,20,21)(H2,19,22,23). The summed E-state index contributed by atoms with van der Waals surface area (Å²) < 4.78 is 41.6. The van der Waals surface area contributed by atoms with Crippen molar-refractivity contribution in [1.82, 2.24) is 4.98 Å². The first-order valence-corrected chi connectivity index (χ1v) is 9.96. The van der Waals surface area contributed by atoms with Gasteiger partial charge in [0, 0.05) is 12.1 Å². The van der Waals surface area contributed by atoms with Crippen molar-refractivity contribution in [3.63, 3.8) is 0 Å². The van der Waals surface area contributed by atoms with Crippen molar-refractivity contribution in [2.75, 3.05) is 5.32 Å². The van der Waals surface area contributed by atoms with Gasteiger partial charge in [-0.1, -0.05) is 41.7 Å². The predicted molar refractivity (Wildman–Crippen MR) is 98.0 cm³/mol. The number of nitrogens with two attached hydrogens (primary N) is 1. The number of sulfonamides is 1. The van der Waals surface area contributed by atoms with Crippen LogP contribution in [0.3, 0.4) is 0 Å². The molecular weight excluding hydrogens is 377 g/mol. The second-order valence-corrected chi connectivity index (χ2v) is 8.23. The smallest absolute Gasteiger partial charge is 0.249 e. The SMILES string of the molecule is NS(=O)(=O)c1cnc(NCc2ccc(OCc3ccccc3F)cc2)s1. The molecule has 0 saturated heterocycles. The molecule has 9 heteroatoms. The topological polar surface area (TPSA) is 94.3 Å². The minimum atomic E-state index is -3.73. The third kappa shape index (κ3) is 4.78. The van der Waals surface area contributed by atoms with Crippen LogP contribution < -0.4 is 15.2 Å². The summed E-state index contributed by atoms with van der Waals surface area (Å²) in [5, 5.41) is 8.55. The molecule has 0 aliphatic rings. The summed E-state index contributed by atoms with van der Waals surface area (Å²) in [5.41, 5.74) is 1.45. The molecule has 0 bridgehead atoms. The summed E-state index contributed by atoms with van der Waals surface area (Å²) in [6, 6.07) is 13.8. The molecule has 136 valence electrons. The molecule has 0 aliphatic heterocycles. The molecule has 3 N–H and O–H groups in total. The van der Waals surface area contributed by atoms with Crippen LogP contribution in [0, 0.1) is 5.82 Å². The van der Waals surface area contributed by atoms with E-state index < -0.39 is 10.0 Å². The van der Waals surface area contributed by atoms with Crippen molar-refractivity contribution in [1.29, 1.82) is 0 Å². The fourth-order valence-electron chi connectivity index (χ4n) is 2.13. The van der Waals surface area contributed by atoms with Gasteiger partial charge < -0.3 is 10.1 Å². The molecule has 6 nitrogen and oxygen atoms in total. The summed E-state index contributed by atoms with van der Waals surface area (Å²) in [5.74, 6) is 0.332. The van der Waals surface area contributed by atoms with Gasteiger partial charge in [0.05, 0.1) is 6.20 Å². The van der Waals surface area contributed by atoms with Gasteiger partial charge in [0.1, 0.15) is 18.2 Å². The van der Waals surface area contributed by atoms with E-state index in [0.29, 0.717) is 23.0 Å². The first kappa shape index (κ1) is 18.3. The van der Waals surface area contributed by atoms with E-state index in [1.165, 1.54) is 12.3 Å². The van der Waals surface area contributed by atoms with Gasteiger partial charge in [-0.05, 0) is 23.8 Å². The Morgan fingerprint density at radius 1 is 1.15 bits per heavy atom. The van der Waals surface area contributed by atoms with Crippen LogP contribution in [-0.4, -0.2) is 13.4 Å². The number of primary sulfonamides is 1. The number of halogens is 1. The van der Waals surface area contributed by atoms with Crippen LogP contribution in [0.25, 0.3) is 0 Å². The van der Waals surface area contributed by atoms with Crippen LogP contribution in [0.2, 0.25) is 0 Å². The Bertz CT molecular complexity index is 988. The highest BCUT2D eigenvalue weighted by atomic mass is 32.2. The largest absolute Gasteiger partial charge is 0.489 e. The lowest BCUT2D eigenvalue weighted by atomic mass is 10.2. The van der Waals surface area contributed by atoms with Crippen molar-refractivity contribution < 1.29 is 17.5 Å². The molecular formula is C17H16FN3O3S2. The van der Waals surface area contributed by atoms with E-state index >= 15 is 0 Å². The molecule has 3 aromatic rings. The molecule has 0 atom stereocenters. The van der Waals surface area contributed by atoms with Crippen LogP contribution in [0.4, 0.5) is 9.52 Å². The second kappa shape index (κ2) is 7.81. The van der Waals surface area contributed by atoms with E-state index in [9.17, 15) is 12.8 Å². The van der Waals surface area contributed by atoms with E-state index in [1.54, 1.807) is 30.3 Å². The van der Waals surface area contributed by atoms with Crippen molar-refractivity contribution in [2.24, 2.45) is 5.14 Å². The molecule has 1 heterocycles. The average Bonchev–Trinajstić information content (AvgIpc) is 3.10. The number of hydrogen-bond acceptors (Lipinski definition) is 6. The minimum absolute atomic E-state index is 0.0110. The fraction of sp³-hybridized carbons (Fsp3) is 0.118. The third-order valence-corrected chi connectivity index (χ3v) is 5.85. The zero-order chi connectivity index (χ0) is 18.6. The van der Waals surface area contributed by atoms with Crippen LogP contribution >= 0.6 is 11.3 Å². The van der Waals surface area contributed by atoms with Crippen molar-refractivity contribution in [3.05, 3.63) is 71.7 Å². The van der Waals surface area contributed by atoms with Gasteiger partial charge in [0.2, 0.25) is 10.0 Å². The van der Waals surface area contributed by atoms with Crippen LogP contribution in [-0.2, 0) is 23.2 Å². The Balaban J connectivity index is 1.54. The fourth-order valence-corrected chi connectivity index (χ4v) is 3.58. The summed E-state index contributed by atoms with van der Waals surface area (Å²) in [6.45, 7) is 0.616. The van der Waals surface area contributed by atoms with Crippen molar-refractivity contribution in [3.8, 4) is 5.75 Å². The van der Waals surface area contributed by atoms with Gasteiger partial charge >= 0.3 is 0 Å². The summed E-state index contributed by atoms with van der Waals surface area (Å²) in [6.07, 6.45) is 1.22. The third-order valence-electron chi connectivity index (χ3n) is 3.48. The Labute approximate surface area is 154 Å². The highest BCUT2D eigenvalue weighted by Gasteiger charge is 2.12. The Kier molecular flexibility index (Phi) is 5.50. The predicted octanol–water partition coefficient (Wildman–Crippen LogP) is 3.12. The maximum absolute atomic E-state index is 13.6. The molecule has 0 saturated carbocycles. The van der Waals surface area contributed by atoms with E-state index in [2.05, 4.69) is 10.3 Å². The van der Waals surface area contributed by atoms with Gasteiger partial charge in [-0.25, -0.2) is 22.9 Å². The molecule has 0 unspecified atom stereocenters. The van der Waals surface area contributed by atoms with Gasteiger partial charge in [0.15, 0.2) is 9.34 Å². The molecule has 3 rings (SSSR count). The van der Waals surface area contributed by atoms with Crippen LogP contribution in [0.5, 0.6) is 5.75 Å². The summed E-state index contributed by atoms with van der Waals surface area (Å²) >= 11 is 0.974. The van der Waals surface area contributed by atoms with Crippen molar-refractivity contribution >= 4 is 26.5 Å². The first-order chi connectivity index (χ1) is 12.4. The van der Waals surface area contributed by atoms with E-state index in [0.717, 1.165) is 16.9 Å². The molecule has 26 heavy (non-hydrogen) atoms. The normalized spacial score (nSPS) is 11.3. The molecule has 2 aromatic carbocycles. The number of rotatable bonds is 7. The number of anilines is 1. The van der Waals surface area contributed by atoms with Gasteiger partial charge in [-0.15, -0.1) is 0 Å². The molecule has 0 fully saturated rings. The number of nitrogens with one attached hydrogen (secondary N) is 1. The highest BCUT2D eigenvalue weighted by molar-refractivity contribution is 7.91. The Morgan fingerprint density at radius 2 is 1.88 bits per heavy atom. The second-order valence-electron chi connectivity index (χ2n) is 5.41. The van der Waals surface area contributed by atoms with Crippen molar-refractivity contribution in [2.45, 2.75) is 17.4 Å². The van der Waals surface area contributed by atoms with Gasteiger partial charge in [0.25, 0.3) is 0 Å². The number of thiazole rings is 1. The lowest BCUT2D eigenvalue weighted by molar-refractivity contribution is 0.300. The maximum atomic E-state index is 13.6. The number of aromatic nitrogens is 1. The number of hydrogen-bond donors (Lipinski definition) is 2. The molecule has 0 aliphatic carbocycles. The molecule has 0 radical (unpaired) electrons. The first-order valence-electron chi connectivity index (χ1n) is 7.59. The zero-order valence-corrected chi connectivity index (χ0v) is 15.2. The Hall–Kier alpha value is -2.49. The number of nitrogens with zero attached hydrogens (tertiary/aromatic N) is 1. The summed E-state index contributed by atoms with van der Waals surface area (Å²) in [4.78, 5) is 3.97. The summed E-state index contributed by atoms with van der Waals surface area (Å²) in [7, 11) is -3.73. The van der Waals surface area contributed by atoms with E-state index in [4.69, 9.17) is 9.88 Å². The highest BCUT2D eigenvalue weighted by Crippen LogP contribution is 2.22. The van der Waals surface area contributed by atoms with E-state index in [-0.39, 0.29) is 16.6 Å². The average molecular weight is 393 g/mol. The zero-order valence-electron chi connectivity index (χ0n) is 13.6. The number of ether oxygens (including phenoxy) is 1. The quantitative estimate of drug-likeness (QED) is 0.643.